The van der Waals surface area contributed by atoms with Crippen LogP contribution in [-0.4, -0.2) is 44.5 Å². The van der Waals surface area contributed by atoms with Gasteiger partial charge in [0.25, 0.3) is 0 Å². The molecule has 1 aliphatic rings. The predicted octanol–water partition coefficient (Wildman–Crippen LogP) is 3.66. The summed E-state index contributed by atoms with van der Waals surface area (Å²) in [5, 5.41) is 0.354. The molecule has 0 radical (unpaired) electrons. The fourth-order valence-corrected chi connectivity index (χ4v) is 4.92. The van der Waals surface area contributed by atoms with Crippen molar-refractivity contribution in [2.75, 3.05) is 25.5 Å². The topological polar surface area (TPSA) is 57.7 Å². The summed E-state index contributed by atoms with van der Waals surface area (Å²) < 4.78 is 26.0. The first-order chi connectivity index (χ1) is 12.7. The van der Waals surface area contributed by atoms with Crippen molar-refractivity contribution in [2.24, 2.45) is 0 Å². The number of nitrogens with zero attached hydrogens (tertiary/aromatic N) is 2. The summed E-state index contributed by atoms with van der Waals surface area (Å²) in [7, 11) is -0.550. The number of fused-ring (bicyclic) bond motifs is 1. The number of hydrogen-bond donors (Lipinski definition) is 0. The first-order valence-electron chi connectivity index (χ1n) is 8.49. The molecule has 2 aromatic rings. The number of rotatable bonds is 5. The average molecular weight is 425 g/mol. The highest BCUT2D eigenvalue weighted by molar-refractivity contribution is 8.00. The van der Waals surface area contributed by atoms with E-state index in [4.69, 9.17) is 11.6 Å². The number of amides is 1. The zero-order valence-corrected chi connectivity index (χ0v) is 17.7. The Hall–Kier alpha value is -1.54. The molecule has 2 aromatic carbocycles. The van der Waals surface area contributed by atoms with Gasteiger partial charge in [-0.2, -0.15) is 0 Å². The van der Waals surface area contributed by atoms with Crippen LogP contribution in [0.2, 0.25) is 5.02 Å². The second-order valence-electron chi connectivity index (χ2n) is 6.53. The second kappa shape index (κ2) is 7.83. The van der Waals surface area contributed by atoms with Crippen LogP contribution < -0.4 is 4.90 Å². The van der Waals surface area contributed by atoms with Crippen LogP contribution in [0.5, 0.6) is 0 Å². The quantitative estimate of drug-likeness (QED) is 0.687. The van der Waals surface area contributed by atoms with Crippen LogP contribution >= 0.6 is 23.4 Å². The number of sulfonamides is 1. The Kier molecular flexibility index (Phi) is 5.86. The Morgan fingerprint density at radius 1 is 1.19 bits per heavy atom. The van der Waals surface area contributed by atoms with E-state index in [-0.39, 0.29) is 16.1 Å². The predicted molar refractivity (Wildman–Crippen MR) is 110 cm³/mol. The lowest BCUT2D eigenvalue weighted by Crippen LogP contribution is -2.35. The maximum Gasteiger partial charge on any atom is 0.242 e. The SMILES string of the molecule is CC(Sc1ccc(Cl)cc1)C(=O)N1CCc2ccc(S(=O)(=O)N(C)C)cc21. The molecule has 0 N–H and O–H groups in total. The van der Waals surface area contributed by atoms with E-state index < -0.39 is 10.0 Å². The van der Waals surface area contributed by atoms with E-state index in [9.17, 15) is 13.2 Å². The molecule has 0 fully saturated rings. The minimum Gasteiger partial charge on any atom is -0.311 e. The summed E-state index contributed by atoms with van der Waals surface area (Å²) >= 11 is 7.37. The third-order valence-corrected chi connectivity index (χ3v) is 7.63. The normalized spacial score (nSPS) is 15.1. The third kappa shape index (κ3) is 4.16. The van der Waals surface area contributed by atoms with E-state index in [0.29, 0.717) is 17.3 Å². The van der Waals surface area contributed by atoms with Gasteiger partial charge in [-0.05, 0) is 55.3 Å². The van der Waals surface area contributed by atoms with Crippen molar-refractivity contribution in [3.8, 4) is 0 Å². The number of anilines is 1. The Bertz CT molecular complexity index is 959. The van der Waals surface area contributed by atoms with Crippen LogP contribution in [0.4, 0.5) is 5.69 Å². The van der Waals surface area contributed by atoms with Crippen molar-refractivity contribution in [1.82, 2.24) is 4.31 Å². The molecule has 0 aromatic heterocycles. The fourth-order valence-electron chi connectivity index (χ4n) is 2.95. The lowest BCUT2D eigenvalue weighted by molar-refractivity contribution is -0.117. The molecule has 27 heavy (non-hydrogen) atoms. The summed E-state index contributed by atoms with van der Waals surface area (Å²) in [6.45, 7) is 2.42. The van der Waals surface area contributed by atoms with E-state index in [1.54, 1.807) is 35.2 Å². The van der Waals surface area contributed by atoms with Crippen LogP contribution in [0, 0.1) is 0 Å². The van der Waals surface area contributed by atoms with Gasteiger partial charge in [0.05, 0.1) is 10.1 Å². The van der Waals surface area contributed by atoms with Gasteiger partial charge in [-0.25, -0.2) is 12.7 Å². The molecule has 0 saturated heterocycles. The molecule has 1 aliphatic heterocycles. The van der Waals surface area contributed by atoms with Crippen LogP contribution in [0.3, 0.4) is 0 Å². The Labute approximate surface area is 169 Å². The van der Waals surface area contributed by atoms with Crippen molar-refractivity contribution < 1.29 is 13.2 Å². The minimum atomic E-state index is -3.54. The van der Waals surface area contributed by atoms with Gasteiger partial charge in [-0.3, -0.25) is 4.79 Å². The molecule has 0 bridgehead atoms. The van der Waals surface area contributed by atoms with Crippen molar-refractivity contribution in [1.29, 1.82) is 0 Å². The molecular weight excluding hydrogens is 404 g/mol. The number of hydrogen-bond acceptors (Lipinski definition) is 4. The number of thioether (sulfide) groups is 1. The summed E-state index contributed by atoms with van der Waals surface area (Å²) in [6, 6.07) is 12.4. The molecule has 1 amide bonds. The smallest absolute Gasteiger partial charge is 0.242 e. The lowest BCUT2D eigenvalue weighted by atomic mass is 10.2. The third-order valence-electron chi connectivity index (χ3n) is 4.47. The number of benzene rings is 2. The zero-order valence-electron chi connectivity index (χ0n) is 15.3. The van der Waals surface area contributed by atoms with Crippen LogP contribution in [0.1, 0.15) is 12.5 Å². The molecule has 0 saturated carbocycles. The molecule has 3 rings (SSSR count). The summed E-state index contributed by atoms with van der Waals surface area (Å²) in [4.78, 5) is 15.8. The Morgan fingerprint density at radius 2 is 1.85 bits per heavy atom. The van der Waals surface area contributed by atoms with Gasteiger partial charge < -0.3 is 4.90 Å². The number of carbonyl (C=O) groups is 1. The Morgan fingerprint density at radius 3 is 2.48 bits per heavy atom. The van der Waals surface area contributed by atoms with Gasteiger partial charge in [0.1, 0.15) is 0 Å². The highest BCUT2D eigenvalue weighted by Gasteiger charge is 2.30. The van der Waals surface area contributed by atoms with Crippen molar-refractivity contribution >= 4 is 45.0 Å². The summed E-state index contributed by atoms with van der Waals surface area (Å²) in [5.74, 6) is -0.0342. The van der Waals surface area contributed by atoms with Crippen LogP contribution in [-0.2, 0) is 21.2 Å². The number of halogens is 1. The van der Waals surface area contributed by atoms with Gasteiger partial charge >= 0.3 is 0 Å². The number of carbonyl (C=O) groups excluding carboxylic acids is 1. The van der Waals surface area contributed by atoms with Gasteiger partial charge in [0, 0.05) is 36.2 Å². The van der Waals surface area contributed by atoms with Crippen LogP contribution in [0.15, 0.2) is 52.3 Å². The monoisotopic (exact) mass is 424 g/mol. The van der Waals surface area contributed by atoms with Gasteiger partial charge in [0.15, 0.2) is 0 Å². The second-order valence-corrected chi connectivity index (χ2v) is 10.5. The Balaban J connectivity index is 1.83. The zero-order chi connectivity index (χ0) is 19.8. The van der Waals surface area contributed by atoms with Crippen molar-refractivity contribution in [2.45, 2.75) is 28.4 Å². The van der Waals surface area contributed by atoms with E-state index in [2.05, 4.69) is 0 Å². The average Bonchev–Trinajstić information content (AvgIpc) is 3.05. The van der Waals surface area contributed by atoms with E-state index in [1.807, 2.05) is 19.1 Å². The molecule has 5 nitrogen and oxygen atoms in total. The van der Waals surface area contributed by atoms with E-state index in [0.717, 1.165) is 16.9 Å². The highest BCUT2D eigenvalue weighted by atomic mass is 35.5. The van der Waals surface area contributed by atoms with E-state index >= 15 is 0 Å². The maximum atomic E-state index is 13.0. The first-order valence-corrected chi connectivity index (χ1v) is 11.2. The fraction of sp³-hybridized carbons (Fsp3) is 0.316. The minimum absolute atomic E-state index is 0.0342. The molecule has 1 atom stereocenters. The molecule has 8 heteroatoms. The van der Waals surface area contributed by atoms with Crippen molar-refractivity contribution in [3.63, 3.8) is 0 Å². The molecule has 1 unspecified atom stereocenters. The molecule has 0 spiro atoms. The van der Waals surface area contributed by atoms with Gasteiger partial charge in [-0.1, -0.05) is 17.7 Å². The molecular formula is C19H21ClN2O3S2. The van der Waals surface area contributed by atoms with Crippen molar-refractivity contribution in [3.05, 3.63) is 53.1 Å². The lowest BCUT2D eigenvalue weighted by Gasteiger charge is -2.22. The summed E-state index contributed by atoms with van der Waals surface area (Å²) in [6.07, 6.45) is 0.724. The van der Waals surface area contributed by atoms with Crippen LogP contribution in [0.25, 0.3) is 0 Å². The molecule has 1 heterocycles. The molecule has 0 aliphatic carbocycles. The van der Waals surface area contributed by atoms with Gasteiger partial charge in [-0.15, -0.1) is 11.8 Å². The standard InChI is InChI=1S/C19H21ClN2O3S2/c1-13(26-16-7-5-15(20)6-8-16)19(23)22-11-10-14-4-9-17(12-18(14)22)27(24,25)21(2)3/h4-9,12-13H,10-11H2,1-3H3. The first kappa shape index (κ1) is 20.2. The van der Waals surface area contributed by atoms with E-state index in [1.165, 1.54) is 30.2 Å². The molecule has 144 valence electrons. The highest BCUT2D eigenvalue weighted by Crippen LogP contribution is 2.34. The largest absolute Gasteiger partial charge is 0.311 e. The van der Waals surface area contributed by atoms with Gasteiger partial charge in [0.2, 0.25) is 15.9 Å². The maximum absolute atomic E-state index is 13.0. The summed E-state index contributed by atoms with van der Waals surface area (Å²) in [5.41, 5.74) is 1.68.